The second kappa shape index (κ2) is 7.56. The van der Waals surface area contributed by atoms with Gasteiger partial charge in [0.1, 0.15) is 5.52 Å². The number of hydrogen-bond acceptors (Lipinski definition) is 4. The summed E-state index contributed by atoms with van der Waals surface area (Å²) >= 11 is 0. The lowest BCUT2D eigenvalue weighted by Crippen LogP contribution is -2.14. The summed E-state index contributed by atoms with van der Waals surface area (Å²) in [6, 6.07) is 18.0. The van der Waals surface area contributed by atoms with Crippen LogP contribution >= 0.6 is 0 Å². The highest BCUT2D eigenvalue weighted by Crippen LogP contribution is 2.26. The Morgan fingerprint density at radius 3 is 2.67 bits per heavy atom. The smallest absolute Gasteiger partial charge is 0.107 e. The van der Waals surface area contributed by atoms with Crippen LogP contribution in [-0.2, 0) is 11.3 Å². The summed E-state index contributed by atoms with van der Waals surface area (Å²) in [7, 11) is 0. The molecule has 0 saturated carbocycles. The predicted octanol–water partition coefficient (Wildman–Crippen LogP) is 4.62. The third-order valence-corrected chi connectivity index (χ3v) is 4.83. The van der Waals surface area contributed by atoms with Crippen LogP contribution in [0.4, 0.5) is 0 Å². The minimum absolute atomic E-state index is 0.194. The number of ether oxygens (including phenoxy) is 1. The van der Waals surface area contributed by atoms with Crippen LogP contribution in [0.3, 0.4) is 0 Å². The van der Waals surface area contributed by atoms with Crippen molar-refractivity contribution in [3.8, 4) is 6.07 Å². The molecule has 2 aromatic carbocycles. The summed E-state index contributed by atoms with van der Waals surface area (Å²) in [6.07, 6.45) is 4.66. The Morgan fingerprint density at radius 1 is 1.07 bits per heavy atom. The molecule has 1 atom stereocenters. The van der Waals surface area contributed by atoms with E-state index in [1.54, 1.807) is 0 Å². The molecule has 2 heterocycles. The molecule has 27 heavy (non-hydrogen) atoms. The van der Waals surface area contributed by atoms with Crippen molar-refractivity contribution in [1.29, 1.82) is 5.26 Å². The molecule has 134 valence electrons. The molecule has 0 spiro atoms. The van der Waals surface area contributed by atoms with Crippen molar-refractivity contribution in [2.24, 2.45) is 0 Å². The highest BCUT2D eigenvalue weighted by Gasteiger charge is 2.15. The van der Waals surface area contributed by atoms with Gasteiger partial charge in [0.05, 0.1) is 54.4 Å². The van der Waals surface area contributed by atoms with E-state index in [0.717, 1.165) is 33.9 Å². The van der Waals surface area contributed by atoms with Gasteiger partial charge in [0, 0.05) is 5.39 Å². The number of rotatable bonds is 6. The number of nitriles is 1. The zero-order valence-corrected chi connectivity index (χ0v) is 15.2. The molecule has 5 nitrogen and oxygen atoms in total. The lowest BCUT2D eigenvalue weighted by atomic mass is 10.1. The van der Waals surface area contributed by atoms with Gasteiger partial charge in [0.15, 0.2) is 0 Å². The molecule has 4 rings (SSSR count). The van der Waals surface area contributed by atoms with E-state index in [1.807, 2.05) is 55.0 Å². The Kier molecular flexibility index (Phi) is 4.82. The van der Waals surface area contributed by atoms with Crippen LogP contribution in [0.5, 0.6) is 0 Å². The van der Waals surface area contributed by atoms with Gasteiger partial charge >= 0.3 is 0 Å². The van der Waals surface area contributed by atoms with Crippen LogP contribution in [0.1, 0.15) is 30.5 Å². The largest absolute Gasteiger partial charge is 0.375 e. The Hall–Kier alpha value is -3.23. The molecule has 0 aliphatic heterocycles. The van der Waals surface area contributed by atoms with Crippen LogP contribution < -0.4 is 0 Å². The minimum atomic E-state index is 0.194. The van der Waals surface area contributed by atoms with E-state index in [4.69, 9.17) is 10.00 Å². The number of hydrogen-bond donors (Lipinski definition) is 0. The van der Waals surface area contributed by atoms with E-state index in [2.05, 4.69) is 33.6 Å². The van der Waals surface area contributed by atoms with Crippen LogP contribution in [0.15, 0.2) is 61.1 Å². The zero-order chi connectivity index (χ0) is 18.6. The SMILES string of the molecule is CCC(COCc1ccc(C#N)cc1)n1cnc2cnc3ccccc3c21. The summed E-state index contributed by atoms with van der Waals surface area (Å²) in [5.41, 5.74) is 4.71. The second-order valence-electron chi connectivity index (χ2n) is 6.55. The van der Waals surface area contributed by atoms with Crippen LogP contribution in [0.25, 0.3) is 21.9 Å². The van der Waals surface area contributed by atoms with E-state index in [-0.39, 0.29) is 6.04 Å². The Labute approximate surface area is 157 Å². The first-order chi connectivity index (χ1) is 13.3. The van der Waals surface area contributed by atoms with Gasteiger partial charge in [-0.05, 0) is 30.2 Å². The summed E-state index contributed by atoms with van der Waals surface area (Å²) in [6.45, 7) is 3.28. The fourth-order valence-corrected chi connectivity index (χ4v) is 3.32. The topological polar surface area (TPSA) is 63.7 Å². The molecule has 0 radical (unpaired) electrons. The van der Waals surface area contributed by atoms with E-state index >= 15 is 0 Å². The average molecular weight is 356 g/mol. The van der Waals surface area contributed by atoms with E-state index in [0.29, 0.717) is 18.8 Å². The molecule has 4 aromatic rings. The van der Waals surface area contributed by atoms with Crippen LogP contribution in [-0.4, -0.2) is 21.1 Å². The maximum Gasteiger partial charge on any atom is 0.107 e. The third kappa shape index (κ3) is 3.40. The van der Waals surface area contributed by atoms with E-state index in [1.165, 1.54) is 0 Å². The first-order valence-corrected chi connectivity index (χ1v) is 9.07. The van der Waals surface area contributed by atoms with Crippen molar-refractivity contribution in [1.82, 2.24) is 14.5 Å². The third-order valence-electron chi connectivity index (χ3n) is 4.83. The van der Waals surface area contributed by atoms with Gasteiger partial charge in [-0.15, -0.1) is 0 Å². The molecule has 0 N–H and O–H groups in total. The second-order valence-corrected chi connectivity index (χ2v) is 6.55. The molecule has 0 bridgehead atoms. The molecular formula is C22H20N4O. The number of nitrogens with zero attached hydrogens (tertiary/aromatic N) is 4. The van der Waals surface area contributed by atoms with Gasteiger partial charge < -0.3 is 9.30 Å². The van der Waals surface area contributed by atoms with E-state index in [9.17, 15) is 0 Å². The summed E-state index contributed by atoms with van der Waals surface area (Å²) in [5.74, 6) is 0. The van der Waals surface area contributed by atoms with Crippen LogP contribution in [0.2, 0.25) is 0 Å². The van der Waals surface area contributed by atoms with Crippen molar-refractivity contribution in [3.63, 3.8) is 0 Å². The van der Waals surface area contributed by atoms with Gasteiger partial charge in [-0.25, -0.2) is 4.98 Å². The molecule has 2 aromatic heterocycles. The fraction of sp³-hybridized carbons (Fsp3) is 0.227. The van der Waals surface area contributed by atoms with E-state index < -0.39 is 0 Å². The van der Waals surface area contributed by atoms with Crippen molar-refractivity contribution in [2.75, 3.05) is 6.61 Å². The Morgan fingerprint density at radius 2 is 1.89 bits per heavy atom. The minimum Gasteiger partial charge on any atom is -0.375 e. The highest BCUT2D eigenvalue weighted by molar-refractivity contribution is 6.01. The van der Waals surface area contributed by atoms with Crippen molar-refractivity contribution >= 4 is 21.9 Å². The van der Waals surface area contributed by atoms with Crippen molar-refractivity contribution in [2.45, 2.75) is 26.0 Å². The zero-order valence-electron chi connectivity index (χ0n) is 15.2. The fourth-order valence-electron chi connectivity index (χ4n) is 3.32. The van der Waals surface area contributed by atoms with Crippen molar-refractivity contribution < 1.29 is 4.74 Å². The van der Waals surface area contributed by atoms with Gasteiger partial charge in [-0.3, -0.25) is 4.98 Å². The summed E-state index contributed by atoms with van der Waals surface area (Å²) in [4.78, 5) is 9.03. The molecule has 0 amide bonds. The first-order valence-electron chi connectivity index (χ1n) is 9.07. The van der Waals surface area contributed by atoms with Crippen LogP contribution in [0, 0.1) is 11.3 Å². The molecule has 0 aliphatic carbocycles. The molecule has 0 aliphatic rings. The van der Waals surface area contributed by atoms with Gasteiger partial charge in [-0.2, -0.15) is 5.26 Å². The highest BCUT2D eigenvalue weighted by atomic mass is 16.5. The molecule has 0 fully saturated rings. The standard InChI is InChI=1S/C22H20N4O/c1-2-18(14-27-13-17-9-7-16(11-23)8-10-17)26-15-25-21-12-24-20-6-4-3-5-19(20)22(21)26/h3-10,12,15,18H,2,13-14H2,1H3. The lowest BCUT2D eigenvalue weighted by Gasteiger charge is -2.18. The number of imidazole rings is 1. The monoisotopic (exact) mass is 356 g/mol. The first kappa shape index (κ1) is 17.2. The maximum atomic E-state index is 8.88. The quantitative estimate of drug-likeness (QED) is 0.505. The molecular weight excluding hydrogens is 336 g/mol. The van der Waals surface area contributed by atoms with Gasteiger partial charge in [0.25, 0.3) is 0 Å². The number of aromatic nitrogens is 3. The number of fused-ring (bicyclic) bond motifs is 3. The molecule has 1 unspecified atom stereocenters. The lowest BCUT2D eigenvalue weighted by molar-refractivity contribution is 0.0897. The normalized spacial score (nSPS) is 12.3. The average Bonchev–Trinajstić information content (AvgIpc) is 3.16. The number of para-hydroxylation sites is 1. The Bertz CT molecular complexity index is 1110. The number of pyridine rings is 1. The maximum absolute atomic E-state index is 8.88. The van der Waals surface area contributed by atoms with Crippen molar-refractivity contribution in [3.05, 3.63) is 72.2 Å². The number of benzene rings is 2. The summed E-state index contributed by atoms with van der Waals surface area (Å²) in [5, 5.41) is 9.99. The van der Waals surface area contributed by atoms with Gasteiger partial charge in [0.2, 0.25) is 0 Å². The molecule has 5 heteroatoms. The van der Waals surface area contributed by atoms with Gasteiger partial charge in [-0.1, -0.05) is 37.3 Å². The summed E-state index contributed by atoms with van der Waals surface area (Å²) < 4.78 is 8.19. The molecule has 0 saturated heterocycles. The predicted molar refractivity (Wildman–Crippen MR) is 105 cm³/mol. The Balaban J connectivity index is 1.55.